The van der Waals surface area contributed by atoms with Crippen LogP contribution in [0.3, 0.4) is 0 Å². The van der Waals surface area contributed by atoms with E-state index in [0.717, 1.165) is 113 Å². The van der Waals surface area contributed by atoms with Crippen molar-refractivity contribution >= 4 is 19.8 Å². The summed E-state index contributed by atoms with van der Waals surface area (Å²) in [4.78, 5) is 35.3. The van der Waals surface area contributed by atoms with Crippen LogP contribution in [0.1, 0.15) is 182 Å². The van der Waals surface area contributed by atoms with Gasteiger partial charge in [-0.2, -0.15) is 0 Å². The molecular formula is C45H78NO10P. The van der Waals surface area contributed by atoms with Crippen LogP contribution in [0.4, 0.5) is 0 Å². The highest BCUT2D eigenvalue weighted by Crippen LogP contribution is 2.43. The summed E-state index contributed by atoms with van der Waals surface area (Å²) in [5.74, 6) is 3.65. The van der Waals surface area contributed by atoms with Crippen molar-refractivity contribution in [3.63, 3.8) is 0 Å². The highest BCUT2D eigenvalue weighted by molar-refractivity contribution is 7.47. The molecule has 2 rings (SSSR count). The standard InChI is InChI=1S/C45H78NO10P/c1-7-9-20-26-39-33-36(3)41(54-39)27-21-16-14-15-19-24-30-45(48)55-40(35-53-57(49,50)52-32-31-46-6)34-51-44(47)29-23-18-13-11-10-12-17-22-28-43-38(5)37(4)42(56-43)25-8-2/h33,40,46H,7-32,34-35H2,1-6H3,(H,49,50)/t40-/m1/s1. The third kappa shape index (κ3) is 23.1. The highest BCUT2D eigenvalue weighted by Gasteiger charge is 2.26. The molecule has 2 atom stereocenters. The van der Waals surface area contributed by atoms with Gasteiger partial charge in [0, 0.05) is 45.1 Å². The summed E-state index contributed by atoms with van der Waals surface area (Å²) in [7, 11) is -2.68. The number of furan rings is 2. The highest BCUT2D eigenvalue weighted by atomic mass is 31.2. The van der Waals surface area contributed by atoms with Crippen molar-refractivity contribution in [2.24, 2.45) is 0 Å². The second kappa shape index (κ2) is 30.6. The SMILES string of the molecule is CCCCCc1cc(C)c(CCCCCCCCC(=O)O[C@H](COC(=O)CCCCCCCCCCc2oc(CCC)c(C)c2C)COP(=O)(O)OCCNC)o1. The van der Waals surface area contributed by atoms with Gasteiger partial charge < -0.3 is 28.5 Å². The second-order valence-electron chi connectivity index (χ2n) is 15.7. The molecule has 11 nitrogen and oxygen atoms in total. The van der Waals surface area contributed by atoms with Crippen molar-refractivity contribution in [2.75, 3.05) is 33.4 Å². The summed E-state index contributed by atoms with van der Waals surface area (Å²) in [6, 6.07) is 2.19. The molecule has 0 saturated heterocycles. The Labute approximate surface area is 344 Å². The van der Waals surface area contributed by atoms with Gasteiger partial charge in [0.05, 0.1) is 13.2 Å². The third-order valence-corrected chi connectivity index (χ3v) is 11.5. The third-order valence-electron chi connectivity index (χ3n) is 10.5. The maximum atomic E-state index is 12.7. The summed E-state index contributed by atoms with van der Waals surface area (Å²) in [6.45, 7) is 10.5. The lowest BCUT2D eigenvalue weighted by Gasteiger charge is -2.20. The smallest absolute Gasteiger partial charge is 0.466 e. The lowest BCUT2D eigenvalue weighted by Crippen LogP contribution is -2.29. The predicted molar refractivity (Wildman–Crippen MR) is 227 cm³/mol. The monoisotopic (exact) mass is 824 g/mol. The van der Waals surface area contributed by atoms with E-state index >= 15 is 0 Å². The number of carbonyl (C=O) groups excluding carboxylic acids is 2. The summed E-state index contributed by atoms with van der Waals surface area (Å²) in [5, 5.41) is 2.82. The molecule has 1 unspecified atom stereocenters. The lowest BCUT2D eigenvalue weighted by atomic mass is 10.0. The number of unbranched alkanes of at least 4 members (excludes halogenated alkanes) is 14. The van der Waals surface area contributed by atoms with Gasteiger partial charge in [-0.1, -0.05) is 90.9 Å². The van der Waals surface area contributed by atoms with Gasteiger partial charge in [-0.15, -0.1) is 0 Å². The van der Waals surface area contributed by atoms with Crippen molar-refractivity contribution in [2.45, 2.75) is 195 Å². The number of aryl methyl sites for hydroxylation is 5. The van der Waals surface area contributed by atoms with E-state index in [1.807, 2.05) is 0 Å². The number of hydrogen-bond acceptors (Lipinski definition) is 10. The quantitative estimate of drug-likeness (QED) is 0.0384. The Balaban J connectivity index is 1.62. The number of nitrogens with one attached hydrogen (secondary N) is 1. The number of esters is 2. The predicted octanol–water partition coefficient (Wildman–Crippen LogP) is 11.3. The Kier molecular flexibility index (Phi) is 27.2. The first kappa shape index (κ1) is 50.7. The molecule has 12 heteroatoms. The van der Waals surface area contributed by atoms with Crippen molar-refractivity contribution in [1.82, 2.24) is 5.32 Å². The van der Waals surface area contributed by atoms with Gasteiger partial charge in [0.15, 0.2) is 6.10 Å². The molecule has 0 amide bonds. The van der Waals surface area contributed by atoms with E-state index in [1.54, 1.807) is 7.05 Å². The van der Waals surface area contributed by atoms with E-state index in [1.165, 1.54) is 55.2 Å². The van der Waals surface area contributed by atoms with Crippen molar-refractivity contribution in [3.8, 4) is 0 Å². The Bertz CT molecular complexity index is 1420. The van der Waals surface area contributed by atoms with Gasteiger partial charge in [-0.05, 0) is 89.1 Å². The zero-order chi connectivity index (χ0) is 41.7. The first-order chi connectivity index (χ1) is 27.5. The largest absolute Gasteiger partial charge is 0.472 e. The molecular weight excluding hydrogens is 745 g/mol. The van der Waals surface area contributed by atoms with Gasteiger partial charge in [0.25, 0.3) is 0 Å². The Morgan fingerprint density at radius 1 is 0.667 bits per heavy atom. The molecule has 2 heterocycles. The summed E-state index contributed by atoms with van der Waals surface area (Å²) in [5.41, 5.74) is 3.88. The maximum absolute atomic E-state index is 12.7. The van der Waals surface area contributed by atoms with Crippen LogP contribution in [0.25, 0.3) is 0 Å². The number of hydrogen-bond donors (Lipinski definition) is 2. The summed E-state index contributed by atoms with van der Waals surface area (Å²) >= 11 is 0. The molecule has 0 aliphatic heterocycles. The van der Waals surface area contributed by atoms with E-state index in [0.29, 0.717) is 19.4 Å². The van der Waals surface area contributed by atoms with Crippen LogP contribution < -0.4 is 5.32 Å². The number of ether oxygens (including phenoxy) is 2. The fourth-order valence-corrected chi connectivity index (χ4v) is 7.66. The minimum Gasteiger partial charge on any atom is -0.466 e. The lowest BCUT2D eigenvalue weighted by molar-refractivity contribution is -0.161. The molecule has 0 bridgehead atoms. The summed E-state index contributed by atoms with van der Waals surface area (Å²) < 4.78 is 45.5. The number of carbonyl (C=O) groups is 2. The number of phosphoric acid groups is 1. The van der Waals surface area contributed by atoms with Crippen molar-refractivity contribution in [1.29, 1.82) is 0 Å². The Morgan fingerprint density at radius 3 is 1.81 bits per heavy atom. The summed E-state index contributed by atoms with van der Waals surface area (Å²) in [6.07, 6.45) is 22.5. The van der Waals surface area contributed by atoms with Gasteiger partial charge in [-0.25, -0.2) is 4.57 Å². The van der Waals surface area contributed by atoms with Crippen LogP contribution in [0.2, 0.25) is 0 Å². The molecule has 0 radical (unpaired) electrons. The van der Waals surface area contributed by atoms with Crippen LogP contribution in [0.5, 0.6) is 0 Å². The van der Waals surface area contributed by atoms with Crippen LogP contribution in [-0.4, -0.2) is 56.3 Å². The normalized spacial score (nSPS) is 13.2. The molecule has 0 fully saturated rings. The number of likely N-dealkylation sites (N-methyl/N-ethyl adjacent to an activating group) is 1. The van der Waals surface area contributed by atoms with Crippen molar-refractivity contribution in [3.05, 3.63) is 45.8 Å². The molecule has 0 spiro atoms. The average molecular weight is 824 g/mol. The van der Waals surface area contributed by atoms with Crippen LogP contribution in [0, 0.1) is 20.8 Å². The Morgan fingerprint density at radius 2 is 1.21 bits per heavy atom. The fraction of sp³-hybridized carbons (Fsp3) is 0.778. The zero-order valence-corrected chi connectivity index (χ0v) is 37.4. The molecule has 2 N–H and O–H groups in total. The van der Waals surface area contributed by atoms with Gasteiger partial charge in [0.2, 0.25) is 0 Å². The maximum Gasteiger partial charge on any atom is 0.472 e. The van der Waals surface area contributed by atoms with Crippen LogP contribution in [-0.2, 0) is 58.4 Å². The van der Waals surface area contributed by atoms with E-state index in [2.05, 4.69) is 46.0 Å². The van der Waals surface area contributed by atoms with Gasteiger partial charge in [0.1, 0.15) is 29.6 Å². The second-order valence-corrected chi connectivity index (χ2v) is 17.1. The molecule has 2 aromatic rings. The van der Waals surface area contributed by atoms with E-state index in [4.69, 9.17) is 27.4 Å². The minimum absolute atomic E-state index is 0.0304. The van der Waals surface area contributed by atoms with Crippen LogP contribution >= 0.6 is 7.82 Å². The van der Waals surface area contributed by atoms with Gasteiger partial charge >= 0.3 is 19.8 Å². The zero-order valence-electron chi connectivity index (χ0n) is 36.5. The fourth-order valence-electron chi connectivity index (χ4n) is 6.91. The number of phosphoric ester groups is 1. The van der Waals surface area contributed by atoms with Crippen molar-refractivity contribution < 1.29 is 46.4 Å². The molecule has 0 aromatic carbocycles. The Hall–Kier alpha value is -2.43. The minimum atomic E-state index is -4.37. The first-order valence-corrected chi connectivity index (χ1v) is 23.8. The molecule has 0 aliphatic rings. The molecule has 0 aliphatic carbocycles. The molecule has 57 heavy (non-hydrogen) atoms. The average Bonchev–Trinajstić information content (AvgIpc) is 3.67. The number of rotatable bonds is 36. The molecule has 0 saturated carbocycles. The van der Waals surface area contributed by atoms with Gasteiger partial charge in [-0.3, -0.25) is 18.6 Å². The topological polar surface area (TPSA) is 147 Å². The molecule has 328 valence electrons. The van der Waals surface area contributed by atoms with E-state index < -0.39 is 32.5 Å². The van der Waals surface area contributed by atoms with E-state index in [-0.39, 0.29) is 26.1 Å². The first-order valence-electron chi connectivity index (χ1n) is 22.3. The molecule has 2 aromatic heterocycles. The van der Waals surface area contributed by atoms with Crippen LogP contribution in [0.15, 0.2) is 14.9 Å². The van der Waals surface area contributed by atoms with E-state index in [9.17, 15) is 19.0 Å².